The summed E-state index contributed by atoms with van der Waals surface area (Å²) in [6.07, 6.45) is 1.97. The Morgan fingerprint density at radius 2 is 1.91 bits per heavy atom. The molecule has 0 radical (unpaired) electrons. The summed E-state index contributed by atoms with van der Waals surface area (Å²) in [6.45, 7) is 1.84. The molecule has 3 rings (SSSR count). The summed E-state index contributed by atoms with van der Waals surface area (Å²) in [4.78, 5) is 8.86. The molecule has 0 unspecified atom stereocenters. The van der Waals surface area contributed by atoms with E-state index < -0.39 is 0 Å². The van der Waals surface area contributed by atoms with Crippen LogP contribution in [0.25, 0.3) is 10.1 Å². The van der Waals surface area contributed by atoms with Crippen LogP contribution in [0, 0.1) is 0 Å². The van der Waals surface area contributed by atoms with E-state index in [-0.39, 0.29) is 0 Å². The summed E-state index contributed by atoms with van der Waals surface area (Å²) in [5.74, 6) is 0.990. The largest absolute Gasteiger partial charge is 0.348 e. The smallest absolute Gasteiger partial charge is 0.204 e. The van der Waals surface area contributed by atoms with E-state index in [1.807, 2.05) is 36.5 Å². The maximum absolute atomic E-state index is 4.48. The summed E-state index contributed by atoms with van der Waals surface area (Å²) in [6, 6.07) is 8.62. The molecule has 3 aromatic rings. The number of imidazole rings is 1. The van der Waals surface area contributed by atoms with Gasteiger partial charge in [0.2, 0.25) is 5.95 Å². The Morgan fingerprint density at radius 3 is 2.64 bits per heavy atom. The lowest BCUT2D eigenvalue weighted by atomic mass is 10.1. The third-order valence-electron chi connectivity index (χ3n) is 3.89. The maximum Gasteiger partial charge on any atom is 0.204 e. The maximum atomic E-state index is 4.48. The van der Waals surface area contributed by atoms with Crippen molar-refractivity contribution in [2.45, 2.75) is 13.1 Å². The first-order chi connectivity index (χ1) is 10.6. The summed E-state index contributed by atoms with van der Waals surface area (Å²) < 4.78 is 3.52. The van der Waals surface area contributed by atoms with Gasteiger partial charge >= 0.3 is 0 Å². The number of aromatic nitrogens is 2. The molecular weight excluding hydrogens is 292 g/mol. The molecule has 0 fully saturated rings. The molecule has 22 heavy (non-hydrogen) atoms. The molecule has 0 amide bonds. The third kappa shape index (κ3) is 2.87. The molecule has 0 bridgehead atoms. The van der Waals surface area contributed by atoms with Gasteiger partial charge in [-0.1, -0.05) is 18.2 Å². The number of benzene rings is 1. The van der Waals surface area contributed by atoms with Crippen molar-refractivity contribution in [3.05, 3.63) is 47.1 Å². The van der Waals surface area contributed by atoms with Crippen molar-refractivity contribution in [1.82, 2.24) is 14.5 Å². The molecule has 0 N–H and O–H groups in total. The number of nitrogens with zero attached hydrogens (tertiary/aromatic N) is 4. The van der Waals surface area contributed by atoms with Crippen molar-refractivity contribution in [3.63, 3.8) is 0 Å². The highest BCUT2D eigenvalue weighted by Gasteiger charge is 2.12. The lowest BCUT2D eigenvalue weighted by molar-refractivity contribution is 0.313. The molecular formula is C17H22N4S. The van der Waals surface area contributed by atoms with E-state index in [9.17, 15) is 0 Å². The quantitative estimate of drug-likeness (QED) is 0.722. The fraction of sp³-hybridized carbons (Fsp3) is 0.353. The minimum atomic E-state index is 0.890. The SMILES string of the molecule is CN(Cc1csc2ccccc12)Cc1cnc(N(C)C)n1C. The van der Waals surface area contributed by atoms with Crippen molar-refractivity contribution >= 4 is 27.4 Å². The topological polar surface area (TPSA) is 24.3 Å². The first-order valence-corrected chi connectivity index (χ1v) is 8.26. The fourth-order valence-electron chi connectivity index (χ4n) is 2.77. The van der Waals surface area contributed by atoms with Crippen molar-refractivity contribution in [2.24, 2.45) is 7.05 Å². The van der Waals surface area contributed by atoms with Crippen LogP contribution in [-0.2, 0) is 20.1 Å². The molecule has 5 heteroatoms. The monoisotopic (exact) mass is 314 g/mol. The number of fused-ring (bicyclic) bond motifs is 1. The molecule has 0 saturated heterocycles. The first-order valence-electron chi connectivity index (χ1n) is 7.38. The zero-order valence-electron chi connectivity index (χ0n) is 13.6. The Hall–Kier alpha value is -1.85. The lowest BCUT2D eigenvalue weighted by Crippen LogP contribution is -2.20. The second-order valence-electron chi connectivity index (χ2n) is 5.93. The van der Waals surface area contributed by atoms with Crippen LogP contribution in [0.5, 0.6) is 0 Å². The van der Waals surface area contributed by atoms with Crippen LogP contribution in [0.2, 0.25) is 0 Å². The van der Waals surface area contributed by atoms with Gasteiger partial charge in [0.15, 0.2) is 0 Å². The number of anilines is 1. The highest BCUT2D eigenvalue weighted by molar-refractivity contribution is 7.17. The molecule has 0 aliphatic heterocycles. The molecule has 1 aromatic carbocycles. The first kappa shape index (κ1) is 15.1. The molecule has 0 aliphatic rings. The van der Waals surface area contributed by atoms with Crippen molar-refractivity contribution in [3.8, 4) is 0 Å². The van der Waals surface area contributed by atoms with E-state index in [0.717, 1.165) is 19.0 Å². The standard InChI is InChI=1S/C17H22N4S/c1-19(2)17-18-9-14(21(17)4)11-20(3)10-13-12-22-16-8-6-5-7-15(13)16/h5-9,12H,10-11H2,1-4H3. The highest BCUT2D eigenvalue weighted by Crippen LogP contribution is 2.26. The molecule has 2 heterocycles. The van der Waals surface area contributed by atoms with E-state index in [2.05, 4.69) is 58.2 Å². The van der Waals surface area contributed by atoms with Gasteiger partial charge in [-0.2, -0.15) is 0 Å². The van der Waals surface area contributed by atoms with Crippen LogP contribution in [-0.4, -0.2) is 35.6 Å². The molecule has 2 aromatic heterocycles. The zero-order chi connectivity index (χ0) is 15.7. The molecule has 4 nitrogen and oxygen atoms in total. The molecule has 0 aliphatic carbocycles. The van der Waals surface area contributed by atoms with Gasteiger partial charge in [-0.15, -0.1) is 11.3 Å². The summed E-state index contributed by atoms with van der Waals surface area (Å²) in [5, 5.41) is 3.65. The van der Waals surface area contributed by atoms with Gasteiger partial charge in [-0.3, -0.25) is 4.90 Å². The van der Waals surface area contributed by atoms with E-state index in [1.165, 1.54) is 21.3 Å². The minimum Gasteiger partial charge on any atom is -0.348 e. The zero-order valence-corrected chi connectivity index (χ0v) is 14.4. The summed E-state index contributed by atoms with van der Waals surface area (Å²) >= 11 is 1.82. The van der Waals surface area contributed by atoms with Crippen LogP contribution in [0.1, 0.15) is 11.3 Å². The van der Waals surface area contributed by atoms with Gasteiger partial charge in [0.25, 0.3) is 0 Å². The average Bonchev–Trinajstić information content (AvgIpc) is 3.04. The van der Waals surface area contributed by atoms with Crippen molar-refractivity contribution < 1.29 is 0 Å². The lowest BCUT2D eigenvalue weighted by Gasteiger charge is -2.18. The molecule has 0 atom stereocenters. The van der Waals surface area contributed by atoms with E-state index in [0.29, 0.717) is 0 Å². The number of hydrogen-bond acceptors (Lipinski definition) is 4. The van der Waals surface area contributed by atoms with Gasteiger partial charge in [0.05, 0.1) is 11.9 Å². The van der Waals surface area contributed by atoms with Crippen LogP contribution in [0.3, 0.4) is 0 Å². The fourth-order valence-corrected chi connectivity index (χ4v) is 3.73. The summed E-state index contributed by atoms with van der Waals surface area (Å²) in [7, 11) is 8.28. The highest BCUT2D eigenvalue weighted by atomic mass is 32.1. The normalized spacial score (nSPS) is 11.5. The van der Waals surface area contributed by atoms with Gasteiger partial charge in [-0.05, 0) is 29.4 Å². The third-order valence-corrected chi connectivity index (χ3v) is 4.91. The van der Waals surface area contributed by atoms with Crippen LogP contribution in [0.4, 0.5) is 5.95 Å². The van der Waals surface area contributed by atoms with Gasteiger partial charge in [0.1, 0.15) is 0 Å². The van der Waals surface area contributed by atoms with Crippen LogP contribution >= 0.6 is 11.3 Å². The second-order valence-corrected chi connectivity index (χ2v) is 6.84. The minimum absolute atomic E-state index is 0.890. The number of thiophene rings is 1. The van der Waals surface area contributed by atoms with Crippen LogP contribution < -0.4 is 4.90 Å². The van der Waals surface area contributed by atoms with Gasteiger partial charge < -0.3 is 9.47 Å². The van der Waals surface area contributed by atoms with Gasteiger partial charge in [0, 0.05) is 38.9 Å². The van der Waals surface area contributed by atoms with Crippen molar-refractivity contribution in [1.29, 1.82) is 0 Å². The average molecular weight is 314 g/mol. The van der Waals surface area contributed by atoms with E-state index in [4.69, 9.17) is 0 Å². The predicted molar refractivity (Wildman–Crippen MR) is 94.5 cm³/mol. The van der Waals surface area contributed by atoms with E-state index in [1.54, 1.807) is 0 Å². The van der Waals surface area contributed by atoms with E-state index >= 15 is 0 Å². The Balaban J connectivity index is 1.74. The Labute approximate surface area is 135 Å². The van der Waals surface area contributed by atoms with Crippen LogP contribution in [0.15, 0.2) is 35.8 Å². The molecule has 0 spiro atoms. The number of hydrogen-bond donors (Lipinski definition) is 0. The Bertz CT molecular complexity index is 772. The predicted octanol–water partition coefficient (Wildman–Crippen LogP) is 3.33. The Morgan fingerprint density at radius 1 is 1.14 bits per heavy atom. The van der Waals surface area contributed by atoms with Crippen molar-refractivity contribution in [2.75, 3.05) is 26.0 Å². The second kappa shape index (κ2) is 6.10. The molecule has 116 valence electrons. The molecule has 0 saturated carbocycles. The number of rotatable bonds is 5. The Kier molecular flexibility index (Phi) is 4.18. The van der Waals surface area contributed by atoms with Gasteiger partial charge in [-0.25, -0.2) is 4.98 Å². The summed E-state index contributed by atoms with van der Waals surface area (Å²) in [5.41, 5.74) is 2.63.